The van der Waals surface area contributed by atoms with Gasteiger partial charge in [-0.3, -0.25) is 4.79 Å². The minimum absolute atomic E-state index is 0.0394. The summed E-state index contributed by atoms with van der Waals surface area (Å²) in [6.45, 7) is 4.64. The first-order valence-corrected chi connectivity index (χ1v) is 5.93. The van der Waals surface area contributed by atoms with Crippen molar-refractivity contribution < 1.29 is 14.7 Å². The summed E-state index contributed by atoms with van der Waals surface area (Å²) in [5.41, 5.74) is 1.68. The molecule has 0 aromatic heterocycles. The van der Waals surface area contributed by atoms with Crippen molar-refractivity contribution in [3.8, 4) is 0 Å². The molecule has 1 aromatic carbocycles. The van der Waals surface area contributed by atoms with Crippen LogP contribution < -0.4 is 10.2 Å². The molecule has 1 heterocycles. The molecule has 0 unspecified atom stereocenters. The van der Waals surface area contributed by atoms with Gasteiger partial charge in [0.05, 0.1) is 16.9 Å². The zero-order chi connectivity index (χ0) is 13.3. The Morgan fingerprint density at radius 2 is 2.17 bits per heavy atom. The predicted octanol–water partition coefficient (Wildman–Crippen LogP) is 1.94. The van der Waals surface area contributed by atoms with Crippen LogP contribution in [0.5, 0.6) is 0 Å². The van der Waals surface area contributed by atoms with E-state index in [1.54, 1.807) is 12.1 Å². The number of hydrogen-bond acceptors (Lipinski definition) is 3. The lowest BCUT2D eigenvalue weighted by Gasteiger charge is -2.28. The molecule has 2 rings (SSSR count). The van der Waals surface area contributed by atoms with Crippen LogP contribution in [0.25, 0.3) is 0 Å². The molecule has 0 atom stereocenters. The second-order valence-corrected chi connectivity index (χ2v) is 4.62. The molecule has 0 saturated heterocycles. The van der Waals surface area contributed by atoms with Crippen molar-refractivity contribution >= 4 is 23.3 Å². The SMILES string of the molecule is CC(C)N1CCC(=O)Nc2ccc(C(=O)O)cc21. The third-order valence-corrected chi connectivity index (χ3v) is 3.03. The summed E-state index contributed by atoms with van der Waals surface area (Å²) in [6, 6.07) is 4.98. The highest BCUT2D eigenvalue weighted by molar-refractivity contribution is 5.98. The summed E-state index contributed by atoms with van der Waals surface area (Å²) in [7, 11) is 0. The Labute approximate surface area is 105 Å². The van der Waals surface area contributed by atoms with Crippen molar-refractivity contribution in [1.82, 2.24) is 0 Å². The largest absolute Gasteiger partial charge is 0.478 e. The lowest BCUT2D eigenvalue weighted by atomic mass is 10.1. The van der Waals surface area contributed by atoms with Crippen molar-refractivity contribution in [1.29, 1.82) is 0 Å². The number of fused-ring (bicyclic) bond motifs is 1. The number of nitrogens with one attached hydrogen (secondary N) is 1. The number of amides is 1. The van der Waals surface area contributed by atoms with Gasteiger partial charge in [0.25, 0.3) is 0 Å². The number of anilines is 2. The summed E-state index contributed by atoms with van der Waals surface area (Å²) in [5.74, 6) is -1.00. The number of aromatic carboxylic acids is 1. The Bertz CT molecular complexity index is 497. The van der Waals surface area contributed by atoms with Crippen LogP contribution in [-0.2, 0) is 4.79 Å². The number of hydrogen-bond donors (Lipinski definition) is 2. The molecule has 18 heavy (non-hydrogen) atoms. The number of carbonyl (C=O) groups is 2. The Kier molecular flexibility index (Phi) is 3.23. The quantitative estimate of drug-likeness (QED) is 0.839. The number of nitrogens with zero attached hydrogens (tertiary/aromatic N) is 1. The average Bonchev–Trinajstić information content (AvgIpc) is 2.46. The van der Waals surface area contributed by atoms with E-state index >= 15 is 0 Å². The summed E-state index contributed by atoms with van der Waals surface area (Å²) in [6.07, 6.45) is 0.412. The summed E-state index contributed by atoms with van der Waals surface area (Å²) in [5, 5.41) is 11.8. The fourth-order valence-electron chi connectivity index (χ4n) is 2.10. The van der Waals surface area contributed by atoms with Gasteiger partial charge in [-0.25, -0.2) is 4.79 Å². The van der Waals surface area contributed by atoms with Gasteiger partial charge < -0.3 is 15.3 Å². The Balaban J connectivity index is 2.51. The van der Waals surface area contributed by atoms with Crippen LogP contribution in [0.1, 0.15) is 30.6 Å². The van der Waals surface area contributed by atoms with Crippen molar-refractivity contribution in [2.45, 2.75) is 26.3 Å². The van der Waals surface area contributed by atoms with E-state index < -0.39 is 5.97 Å². The second kappa shape index (κ2) is 4.68. The van der Waals surface area contributed by atoms with E-state index in [-0.39, 0.29) is 17.5 Å². The standard InChI is InChI=1S/C13H16N2O3/c1-8(2)15-6-5-12(16)14-10-4-3-9(13(17)18)7-11(10)15/h3-4,7-8H,5-6H2,1-2H3,(H,14,16)(H,17,18). The minimum atomic E-state index is -0.961. The highest BCUT2D eigenvalue weighted by atomic mass is 16.4. The summed E-state index contributed by atoms with van der Waals surface area (Å²) >= 11 is 0. The van der Waals surface area contributed by atoms with Gasteiger partial charge in [-0.15, -0.1) is 0 Å². The zero-order valence-corrected chi connectivity index (χ0v) is 10.4. The second-order valence-electron chi connectivity index (χ2n) is 4.62. The molecule has 0 aliphatic carbocycles. The molecule has 5 heteroatoms. The first-order chi connectivity index (χ1) is 8.49. The van der Waals surface area contributed by atoms with Gasteiger partial charge in [-0.2, -0.15) is 0 Å². The third kappa shape index (κ3) is 2.30. The van der Waals surface area contributed by atoms with E-state index in [2.05, 4.69) is 5.32 Å². The third-order valence-electron chi connectivity index (χ3n) is 3.03. The van der Waals surface area contributed by atoms with Gasteiger partial charge in [0.2, 0.25) is 5.91 Å². The van der Waals surface area contributed by atoms with Crippen molar-refractivity contribution in [3.05, 3.63) is 23.8 Å². The predicted molar refractivity (Wildman–Crippen MR) is 69.1 cm³/mol. The molecule has 1 aliphatic rings. The van der Waals surface area contributed by atoms with Crippen molar-refractivity contribution in [2.24, 2.45) is 0 Å². The van der Waals surface area contributed by atoms with Crippen LogP contribution in [0.4, 0.5) is 11.4 Å². The minimum Gasteiger partial charge on any atom is -0.478 e. The van der Waals surface area contributed by atoms with Gasteiger partial charge in [0.1, 0.15) is 0 Å². The van der Waals surface area contributed by atoms with E-state index in [4.69, 9.17) is 5.11 Å². The molecule has 0 fully saturated rings. The first kappa shape index (κ1) is 12.4. The Morgan fingerprint density at radius 3 is 2.78 bits per heavy atom. The number of carbonyl (C=O) groups excluding carboxylic acids is 1. The number of benzene rings is 1. The maximum Gasteiger partial charge on any atom is 0.335 e. The molecule has 0 spiro atoms. The highest BCUT2D eigenvalue weighted by Gasteiger charge is 2.22. The van der Waals surface area contributed by atoms with E-state index in [0.29, 0.717) is 18.7 Å². The van der Waals surface area contributed by atoms with E-state index in [1.165, 1.54) is 6.07 Å². The molecule has 0 radical (unpaired) electrons. The fourth-order valence-corrected chi connectivity index (χ4v) is 2.10. The van der Waals surface area contributed by atoms with Crippen LogP contribution in [0.2, 0.25) is 0 Å². The van der Waals surface area contributed by atoms with Crippen molar-refractivity contribution in [3.63, 3.8) is 0 Å². The zero-order valence-electron chi connectivity index (χ0n) is 10.4. The normalized spacial score (nSPS) is 15.1. The Hall–Kier alpha value is -2.04. The molecule has 0 bridgehead atoms. The molecule has 1 amide bonds. The highest BCUT2D eigenvalue weighted by Crippen LogP contribution is 2.31. The fraction of sp³-hybridized carbons (Fsp3) is 0.385. The lowest BCUT2D eigenvalue weighted by molar-refractivity contribution is -0.115. The summed E-state index contributed by atoms with van der Waals surface area (Å²) < 4.78 is 0. The van der Waals surface area contributed by atoms with Gasteiger partial charge in [-0.1, -0.05) is 0 Å². The van der Waals surface area contributed by atoms with Crippen molar-refractivity contribution in [2.75, 3.05) is 16.8 Å². The van der Waals surface area contributed by atoms with E-state index in [9.17, 15) is 9.59 Å². The van der Waals surface area contributed by atoms with Crippen LogP contribution in [0.3, 0.4) is 0 Å². The van der Waals surface area contributed by atoms with Gasteiger partial charge >= 0.3 is 5.97 Å². The number of carboxylic acids is 1. The van der Waals surface area contributed by atoms with Crippen LogP contribution in [0.15, 0.2) is 18.2 Å². The molecule has 1 aliphatic heterocycles. The van der Waals surface area contributed by atoms with Crippen LogP contribution >= 0.6 is 0 Å². The number of carboxylic acid groups (broad SMARTS) is 1. The first-order valence-electron chi connectivity index (χ1n) is 5.93. The van der Waals surface area contributed by atoms with E-state index in [1.807, 2.05) is 18.7 Å². The smallest absolute Gasteiger partial charge is 0.335 e. The van der Waals surface area contributed by atoms with Gasteiger partial charge in [-0.05, 0) is 32.0 Å². The molecular formula is C13H16N2O3. The Morgan fingerprint density at radius 1 is 1.44 bits per heavy atom. The lowest BCUT2D eigenvalue weighted by Crippen LogP contribution is -2.31. The molecule has 0 saturated carbocycles. The molecule has 5 nitrogen and oxygen atoms in total. The maximum absolute atomic E-state index is 11.6. The summed E-state index contributed by atoms with van der Waals surface area (Å²) in [4.78, 5) is 24.6. The molecular weight excluding hydrogens is 232 g/mol. The monoisotopic (exact) mass is 248 g/mol. The van der Waals surface area contributed by atoms with Crippen LogP contribution in [-0.4, -0.2) is 29.6 Å². The number of rotatable bonds is 2. The maximum atomic E-state index is 11.6. The molecule has 2 N–H and O–H groups in total. The van der Waals surface area contributed by atoms with E-state index in [0.717, 1.165) is 5.69 Å². The average molecular weight is 248 g/mol. The molecule has 1 aromatic rings. The molecule has 96 valence electrons. The van der Waals surface area contributed by atoms with Gasteiger partial charge in [0.15, 0.2) is 0 Å². The van der Waals surface area contributed by atoms with Crippen LogP contribution in [0, 0.1) is 0 Å². The topological polar surface area (TPSA) is 69.6 Å². The van der Waals surface area contributed by atoms with Gasteiger partial charge in [0, 0.05) is 19.0 Å².